The zero-order valence-corrected chi connectivity index (χ0v) is 11.0. The fraction of sp³-hybridized carbons (Fsp3) is 0.273. The van der Waals surface area contributed by atoms with Crippen LogP contribution in [0.3, 0.4) is 0 Å². The van der Waals surface area contributed by atoms with Crippen LogP contribution < -0.4 is 5.43 Å². The van der Waals surface area contributed by atoms with Gasteiger partial charge in [-0.15, -0.1) is 0 Å². The van der Waals surface area contributed by atoms with Crippen molar-refractivity contribution in [3.05, 3.63) is 33.8 Å². The number of rotatable bonds is 3. The Kier molecular flexibility index (Phi) is 5.25. The number of amides is 1. The van der Waals surface area contributed by atoms with E-state index in [2.05, 4.69) is 15.3 Å². The molecule has 0 bridgehead atoms. The van der Waals surface area contributed by atoms with Gasteiger partial charge in [-0.3, -0.25) is 0 Å². The minimum atomic E-state index is -0.615. The normalized spacial score (nSPS) is 11.2. The second-order valence-electron chi connectivity index (χ2n) is 3.14. The minimum Gasteiger partial charge on any atom is -0.452 e. The van der Waals surface area contributed by atoms with Crippen molar-refractivity contribution in [2.75, 3.05) is 7.11 Å². The maximum absolute atomic E-state index is 10.9. The summed E-state index contributed by atoms with van der Waals surface area (Å²) in [5.41, 5.74) is 3.76. The molecule has 0 aliphatic rings. The molecule has 92 valence electrons. The van der Waals surface area contributed by atoms with Crippen molar-refractivity contribution < 1.29 is 9.53 Å². The van der Waals surface area contributed by atoms with Crippen LogP contribution in [0.5, 0.6) is 0 Å². The van der Waals surface area contributed by atoms with Gasteiger partial charge < -0.3 is 4.74 Å². The summed E-state index contributed by atoms with van der Waals surface area (Å²) in [5, 5.41) is 4.87. The van der Waals surface area contributed by atoms with E-state index in [0.717, 1.165) is 5.56 Å². The number of methoxy groups -OCH3 is 1. The molecule has 0 spiro atoms. The molecule has 1 aromatic carbocycles. The Bertz CT molecular complexity index is 447. The van der Waals surface area contributed by atoms with Crippen molar-refractivity contribution in [3.63, 3.8) is 0 Å². The van der Waals surface area contributed by atoms with Gasteiger partial charge in [0.15, 0.2) is 0 Å². The Morgan fingerprint density at radius 2 is 2.12 bits per heavy atom. The van der Waals surface area contributed by atoms with Gasteiger partial charge in [0.2, 0.25) is 0 Å². The second-order valence-corrected chi connectivity index (χ2v) is 3.96. The van der Waals surface area contributed by atoms with Gasteiger partial charge in [-0.05, 0) is 24.1 Å². The van der Waals surface area contributed by atoms with E-state index in [1.54, 1.807) is 18.2 Å². The molecular formula is C11H12Cl2N2O2. The van der Waals surface area contributed by atoms with Crippen molar-refractivity contribution >= 4 is 35.0 Å². The fourth-order valence-corrected chi connectivity index (χ4v) is 1.48. The van der Waals surface area contributed by atoms with Gasteiger partial charge in [-0.25, -0.2) is 10.2 Å². The maximum Gasteiger partial charge on any atom is 0.427 e. The van der Waals surface area contributed by atoms with Crippen molar-refractivity contribution in [1.82, 2.24) is 5.43 Å². The lowest BCUT2D eigenvalue weighted by molar-refractivity contribution is 0.171. The van der Waals surface area contributed by atoms with E-state index in [1.165, 1.54) is 7.11 Å². The second kappa shape index (κ2) is 6.47. The van der Waals surface area contributed by atoms with Crippen LogP contribution in [0.4, 0.5) is 4.79 Å². The Balaban J connectivity index is 2.93. The fourth-order valence-electron chi connectivity index (χ4n) is 1.18. The quantitative estimate of drug-likeness (QED) is 0.678. The van der Waals surface area contributed by atoms with Gasteiger partial charge in [-0.2, -0.15) is 5.10 Å². The molecular weight excluding hydrogens is 263 g/mol. The third kappa shape index (κ3) is 3.91. The first kappa shape index (κ1) is 13.8. The lowest BCUT2D eigenvalue weighted by Gasteiger charge is -2.05. The molecule has 1 aromatic rings. The summed E-state index contributed by atoms with van der Waals surface area (Å²) in [6.07, 6.45) is 0.0260. The highest BCUT2D eigenvalue weighted by molar-refractivity contribution is 6.42. The molecule has 4 nitrogen and oxygen atoms in total. The summed E-state index contributed by atoms with van der Waals surface area (Å²) in [6.45, 7) is 1.92. The number of benzene rings is 1. The monoisotopic (exact) mass is 274 g/mol. The molecule has 1 rings (SSSR count). The molecule has 0 atom stereocenters. The number of nitrogens with zero attached hydrogens (tertiary/aromatic N) is 1. The standard InChI is InChI=1S/C11H12Cl2N2O2/c1-3-10(14-15-11(16)17-2)7-4-5-8(12)9(13)6-7/h4-6H,3H2,1-2H3,(H,15,16)/b14-10-. The zero-order valence-electron chi connectivity index (χ0n) is 9.46. The largest absolute Gasteiger partial charge is 0.452 e. The van der Waals surface area contributed by atoms with E-state index in [1.807, 2.05) is 6.92 Å². The molecule has 0 saturated carbocycles. The topological polar surface area (TPSA) is 50.7 Å². The number of carbonyl (C=O) groups excluding carboxylic acids is 1. The number of hydrogen-bond acceptors (Lipinski definition) is 3. The van der Waals surface area contributed by atoms with Crippen LogP contribution in [0.1, 0.15) is 18.9 Å². The minimum absolute atomic E-state index is 0.448. The van der Waals surface area contributed by atoms with E-state index in [-0.39, 0.29) is 0 Å². The first-order valence-electron chi connectivity index (χ1n) is 4.94. The average Bonchev–Trinajstić information content (AvgIpc) is 2.33. The predicted molar refractivity (Wildman–Crippen MR) is 68.8 cm³/mol. The van der Waals surface area contributed by atoms with Crippen LogP contribution in [0, 0.1) is 0 Å². The van der Waals surface area contributed by atoms with Crippen LogP contribution in [-0.2, 0) is 4.74 Å². The van der Waals surface area contributed by atoms with Gasteiger partial charge in [0.25, 0.3) is 0 Å². The number of nitrogens with one attached hydrogen (secondary N) is 1. The predicted octanol–water partition coefficient (Wildman–Crippen LogP) is 3.46. The van der Waals surface area contributed by atoms with Gasteiger partial charge in [0.1, 0.15) is 0 Å². The molecule has 17 heavy (non-hydrogen) atoms. The first-order valence-corrected chi connectivity index (χ1v) is 5.70. The van der Waals surface area contributed by atoms with E-state index in [9.17, 15) is 4.79 Å². The SMILES string of the molecule is CC/C(=N/NC(=O)OC)c1ccc(Cl)c(Cl)c1. The lowest BCUT2D eigenvalue weighted by Crippen LogP contribution is -2.19. The number of hydrogen-bond donors (Lipinski definition) is 1. The number of ether oxygens (including phenoxy) is 1. The maximum atomic E-state index is 10.9. The summed E-state index contributed by atoms with van der Waals surface area (Å²) in [4.78, 5) is 10.9. The van der Waals surface area contributed by atoms with Gasteiger partial charge in [0, 0.05) is 0 Å². The molecule has 0 aliphatic heterocycles. The summed E-state index contributed by atoms with van der Waals surface area (Å²) in [6, 6.07) is 5.17. The van der Waals surface area contributed by atoms with E-state index >= 15 is 0 Å². The molecule has 0 aliphatic carbocycles. The molecule has 0 radical (unpaired) electrons. The highest BCUT2D eigenvalue weighted by atomic mass is 35.5. The number of carbonyl (C=O) groups is 1. The smallest absolute Gasteiger partial charge is 0.427 e. The molecule has 1 N–H and O–H groups in total. The van der Waals surface area contributed by atoms with E-state index < -0.39 is 6.09 Å². The molecule has 6 heteroatoms. The zero-order chi connectivity index (χ0) is 12.8. The van der Waals surface area contributed by atoms with Crippen molar-refractivity contribution in [2.45, 2.75) is 13.3 Å². The molecule has 0 fully saturated rings. The van der Waals surface area contributed by atoms with Crippen molar-refractivity contribution in [1.29, 1.82) is 0 Å². The van der Waals surface area contributed by atoms with Crippen LogP contribution in [0.2, 0.25) is 10.0 Å². The van der Waals surface area contributed by atoms with Gasteiger partial charge in [0.05, 0.1) is 22.9 Å². The van der Waals surface area contributed by atoms with E-state index in [4.69, 9.17) is 23.2 Å². The Morgan fingerprint density at radius 1 is 1.41 bits per heavy atom. The Hall–Kier alpha value is -1.26. The summed E-state index contributed by atoms with van der Waals surface area (Å²) in [5.74, 6) is 0. The molecule has 0 aromatic heterocycles. The average molecular weight is 275 g/mol. The summed E-state index contributed by atoms with van der Waals surface area (Å²) in [7, 11) is 1.27. The highest BCUT2D eigenvalue weighted by Crippen LogP contribution is 2.23. The summed E-state index contributed by atoms with van der Waals surface area (Å²) < 4.78 is 4.42. The summed E-state index contributed by atoms with van der Waals surface area (Å²) >= 11 is 11.7. The van der Waals surface area contributed by atoms with Crippen LogP contribution >= 0.6 is 23.2 Å². The van der Waals surface area contributed by atoms with Crippen molar-refractivity contribution in [3.8, 4) is 0 Å². The third-order valence-electron chi connectivity index (χ3n) is 2.06. The molecule has 0 unspecified atom stereocenters. The number of halogens is 2. The van der Waals surface area contributed by atoms with Crippen LogP contribution in [0.15, 0.2) is 23.3 Å². The Morgan fingerprint density at radius 3 is 2.65 bits per heavy atom. The van der Waals surface area contributed by atoms with Crippen LogP contribution in [0.25, 0.3) is 0 Å². The van der Waals surface area contributed by atoms with Crippen LogP contribution in [-0.4, -0.2) is 18.9 Å². The van der Waals surface area contributed by atoms with Gasteiger partial charge >= 0.3 is 6.09 Å². The third-order valence-corrected chi connectivity index (χ3v) is 2.79. The molecule has 1 amide bonds. The molecule has 0 heterocycles. The number of hydrazone groups is 1. The van der Waals surface area contributed by atoms with Crippen molar-refractivity contribution in [2.24, 2.45) is 5.10 Å². The Labute approximate surface area is 110 Å². The van der Waals surface area contributed by atoms with E-state index in [0.29, 0.717) is 22.2 Å². The lowest BCUT2D eigenvalue weighted by atomic mass is 10.1. The van der Waals surface area contributed by atoms with Gasteiger partial charge in [-0.1, -0.05) is 36.2 Å². The first-order chi connectivity index (χ1) is 8.08. The molecule has 0 saturated heterocycles. The highest BCUT2D eigenvalue weighted by Gasteiger charge is 2.06.